The molecule has 0 saturated carbocycles. The molecule has 0 rings (SSSR count). The third-order valence-electron chi connectivity index (χ3n) is 4.87. The van der Waals surface area contributed by atoms with E-state index in [2.05, 4.69) is 19.2 Å². The lowest BCUT2D eigenvalue weighted by molar-refractivity contribution is 0.184. The third-order valence-corrected chi connectivity index (χ3v) is 4.87. The first-order valence-corrected chi connectivity index (χ1v) is 11.0. The summed E-state index contributed by atoms with van der Waals surface area (Å²) in [7, 11) is 0. The van der Waals surface area contributed by atoms with Crippen molar-refractivity contribution >= 4 is 0 Å². The second kappa shape index (κ2) is 19.2. The lowest BCUT2D eigenvalue weighted by Gasteiger charge is -2.06. The molecule has 0 aliphatic carbocycles. The van der Waals surface area contributed by atoms with Crippen LogP contribution < -0.4 is 5.32 Å². The number of aliphatic hydroxyl groups excluding tert-OH is 1. The molecule has 2 N–H and O–H groups in total. The Bertz CT molecular complexity index is 204. The summed E-state index contributed by atoms with van der Waals surface area (Å²) in [6.07, 6.45) is 20.6. The topological polar surface area (TPSA) is 32.3 Å². The summed E-state index contributed by atoms with van der Waals surface area (Å²) in [5.74, 6) is 0.886. The first-order valence-electron chi connectivity index (χ1n) is 11.0. The van der Waals surface area contributed by atoms with Crippen LogP contribution in [0, 0.1) is 5.92 Å². The number of nitrogens with one attached hydrogen (secondary N) is 1. The fourth-order valence-electron chi connectivity index (χ4n) is 3.18. The van der Waals surface area contributed by atoms with Crippen LogP contribution in [0.4, 0.5) is 0 Å². The predicted molar refractivity (Wildman–Crippen MR) is 109 cm³/mol. The Morgan fingerprint density at radius 2 is 0.958 bits per heavy atom. The van der Waals surface area contributed by atoms with Gasteiger partial charge in [-0.3, -0.25) is 0 Å². The Kier molecular flexibility index (Phi) is 19.2. The van der Waals surface area contributed by atoms with Gasteiger partial charge < -0.3 is 10.4 Å². The van der Waals surface area contributed by atoms with Crippen molar-refractivity contribution in [1.29, 1.82) is 0 Å². The normalized spacial score (nSPS) is 12.9. The molecular weight excluding hydrogens is 294 g/mol. The molecule has 0 fully saturated rings. The summed E-state index contributed by atoms with van der Waals surface area (Å²) in [4.78, 5) is 0. The van der Waals surface area contributed by atoms with E-state index in [4.69, 9.17) is 5.11 Å². The summed E-state index contributed by atoms with van der Waals surface area (Å²) >= 11 is 0. The molecule has 0 aliphatic rings. The van der Waals surface area contributed by atoms with Gasteiger partial charge in [-0.05, 0) is 38.8 Å². The molecule has 0 saturated heterocycles. The fraction of sp³-hybridized carbons (Fsp3) is 1.00. The quantitative estimate of drug-likeness (QED) is 0.264. The molecule has 2 nitrogen and oxygen atoms in total. The van der Waals surface area contributed by atoms with E-state index < -0.39 is 0 Å². The predicted octanol–water partition coefficient (Wildman–Crippen LogP) is 6.46. The standard InChI is InChI=1S/C22H47NO/c1-21(2)17-15-13-11-9-7-5-4-6-8-10-12-14-16-19-23-20-18-22(3)24/h21-24H,4-20H2,1-3H3. The maximum atomic E-state index is 9.16. The van der Waals surface area contributed by atoms with Crippen LogP contribution in [0.2, 0.25) is 0 Å². The number of aliphatic hydroxyl groups is 1. The van der Waals surface area contributed by atoms with Gasteiger partial charge in [-0.2, -0.15) is 0 Å². The summed E-state index contributed by atoms with van der Waals surface area (Å²) < 4.78 is 0. The molecule has 0 amide bonds. The Morgan fingerprint density at radius 3 is 1.38 bits per heavy atom. The van der Waals surface area contributed by atoms with E-state index in [-0.39, 0.29) is 6.10 Å². The van der Waals surface area contributed by atoms with E-state index >= 15 is 0 Å². The second-order valence-electron chi connectivity index (χ2n) is 8.17. The fourth-order valence-corrected chi connectivity index (χ4v) is 3.18. The van der Waals surface area contributed by atoms with E-state index in [1.165, 1.54) is 89.9 Å². The highest BCUT2D eigenvalue weighted by Crippen LogP contribution is 2.14. The third kappa shape index (κ3) is 21.9. The van der Waals surface area contributed by atoms with Gasteiger partial charge in [0.25, 0.3) is 0 Å². The van der Waals surface area contributed by atoms with Crippen LogP contribution in [0.5, 0.6) is 0 Å². The van der Waals surface area contributed by atoms with E-state index in [9.17, 15) is 0 Å². The van der Waals surface area contributed by atoms with Crippen molar-refractivity contribution in [2.45, 2.75) is 123 Å². The molecule has 24 heavy (non-hydrogen) atoms. The highest BCUT2D eigenvalue weighted by Gasteiger charge is 1.97. The summed E-state index contributed by atoms with van der Waals surface area (Å²) in [6.45, 7) is 8.59. The van der Waals surface area contributed by atoms with E-state index in [1.807, 2.05) is 6.92 Å². The molecular formula is C22H47NO. The first-order chi connectivity index (χ1) is 11.6. The molecule has 0 aromatic carbocycles. The summed E-state index contributed by atoms with van der Waals surface area (Å²) in [5, 5.41) is 12.6. The minimum absolute atomic E-state index is 0.164. The van der Waals surface area contributed by atoms with Gasteiger partial charge in [-0.15, -0.1) is 0 Å². The van der Waals surface area contributed by atoms with Gasteiger partial charge in [-0.25, -0.2) is 0 Å². The molecule has 0 bridgehead atoms. The van der Waals surface area contributed by atoms with E-state index in [1.54, 1.807) is 0 Å². The van der Waals surface area contributed by atoms with Gasteiger partial charge >= 0.3 is 0 Å². The zero-order valence-corrected chi connectivity index (χ0v) is 17.1. The Hall–Kier alpha value is -0.0800. The molecule has 0 spiro atoms. The highest BCUT2D eigenvalue weighted by atomic mass is 16.3. The molecule has 0 aliphatic heterocycles. The number of hydrogen-bond acceptors (Lipinski definition) is 2. The second-order valence-corrected chi connectivity index (χ2v) is 8.17. The Balaban J connectivity index is 2.98. The lowest BCUT2D eigenvalue weighted by atomic mass is 10.0. The van der Waals surface area contributed by atoms with Crippen LogP contribution in [0.15, 0.2) is 0 Å². The highest BCUT2D eigenvalue weighted by molar-refractivity contribution is 4.54. The van der Waals surface area contributed by atoms with Crippen LogP contribution in [0.25, 0.3) is 0 Å². The minimum atomic E-state index is -0.164. The monoisotopic (exact) mass is 341 g/mol. The molecule has 0 aromatic rings. The first kappa shape index (κ1) is 23.9. The van der Waals surface area contributed by atoms with Crippen molar-refractivity contribution < 1.29 is 5.11 Å². The smallest absolute Gasteiger partial charge is 0.0524 e. The van der Waals surface area contributed by atoms with Gasteiger partial charge in [0.15, 0.2) is 0 Å². The molecule has 146 valence electrons. The van der Waals surface area contributed by atoms with Crippen LogP contribution in [-0.4, -0.2) is 24.3 Å². The number of rotatable bonds is 19. The van der Waals surface area contributed by atoms with Gasteiger partial charge in [0.05, 0.1) is 6.10 Å². The van der Waals surface area contributed by atoms with Gasteiger partial charge in [-0.1, -0.05) is 97.3 Å². The maximum Gasteiger partial charge on any atom is 0.0524 e. The van der Waals surface area contributed by atoms with Crippen LogP contribution in [0.1, 0.15) is 117 Å². The zero-order valence-electron chi connectivity index (χ0n) is 17.1. The number of hydrogen-bond donors (Lipinski definition) is 2. The van der Waals surface area contributed by atoms with E-state index in [0.717, 1.165) is 25.4 Å². The van der Waals surface area contributed by atoms with Gasteiger partial charge in [0, 0.05) is 0 Å². The van der Waals surface area contributed by atoms with E-state index in [0.29, 0.717) is 0 Å². The van der Waals surface area contributed by atoms with Crippen LogP contribution >= 0.6 is 0 Å². The average Bonchev–Trinajstić information content (AvgIpc) is 2.53. The molecule has 1 atom stereocenters. The van der Waals surface area contributed by atoms with Crippen molar-refractivity contribution in [2.75, 3.05) is 13.1 Å². The Morgan fingerprint density at radius 1 is 0.542 bits per heavy atom. The van der Waals surface area contributed by atoms with Crippen molar-refractivity contribution in [1.82, 2.24) is 5.32 Å². The summed E-state index contributed by atoms with van der Waals surface area (Å²) in [5.41, 5.74) is 0. The largest absolute Gasteiger partial charge is 0.393 e. The van der Waals surface area contributed by atoms with Crippen molar-refractivity contribution in [3.05, 3.63) is 0 Å². The van der Waals surface area contributed by atoms with Crippen LogP contribution in [0.3, 0.4) is 0 Å². The molecule has 0 radical (unpaired) electrons. The zero-order chi connectivity index (χ0) is 17.9. The minimum Gasteiger partial charge on any atom is -0.393 e. The lowest BCUT2D eigenvalue weighted by Crippen LogP contribution is -2.20. The van der Waals surface area contributed by atoms with Gasteiger partial charge in [0.2, 0.25) is 0 Å². The average molecular weight is 342 g/mol. The SMILES string of the molecule is CC(C)CCCCCCCCCCCCCCCNCCC(C)O. The molecule has 0 heterocycles. The van der Waals surface area contributed by atoms with Crippen LogP contribution in [-0.2, 0) is 0 Å². The molecule has 0 aromatic heterocycles. The summed E-state index contributed by atoms with van der Waals surface area (Å²) in [6, 6.07) is 0. The molecule has 1 unspecified atom stereocenters. The van der Waals surface area contributed by atoms with Gasteiger partial charge in [0.1, 0.15) is 0 Å². The van der Waals surface area contributed by atoms with Crippen molar-refractivity contribution in [3.63, 3.8) is 0 Å². The van der Waals surface area contributed by atoms with Crippen molar-refractivity contribution in [3.8, 4) is 0 Å². The maximum absolute atomic E-state index is 9.16. The van der Waals surface area contributed by atoms with Crippen molar-refractivity contribution in [2.24, 2.45) is 5.92 Å². The molecule has 2 heteroatoms. The Labute approximate surface area is 153 Å². The number of unbranched alkanes of at least 4 members (excludes halogenated alkanes) is 12.